The van der Waals surface area contributed by atoms with E-state index in [2.05, 4.69) is 63.5 Å². The topological polar surface area (TPSA) is 66.6 Å². The highest BCUT2D eigenvalue weighted by atomic mass is 16.5. The van der Waals surface area contributed by atoms with Gasteiger partial charge in [-0.1, -0.05) is 30.3 Å². The number of hydrogen-bond acceptors (Lipinski definition) is 3. The van der Waals surface area contributed by atoms with Crippen LogP contribution in [0.15, 0.2) is 48.5 Å². The number of benzene rings is 3. The molecule has 0 saturated carbocycles. The minimum absolute atomic E-state index is 0.533. The third-order valence-corrected chi connectivity index (χ3v) is 6.75. The van der Waals surface area contributed by atoms with Crippen molar-refractivity contribution >= 4 is 10.8 Å². The van der Waals surface area contributed by atoms with Crippen molar-refractivity contribution < 1.29 is 4.74 Å². The quantitative estimate of drug-likeness (QED) is 0.356. The highest BCUT2D eigenvalue weighted by Crippen LogP contribution is 2.41. The Bertz CT molecular complexity index is 1560. The number of nitrogens with zero attached hydrogens (tertiary/aromatic N) is 2. The first-order valence-corrected chi connectivity index (χ1v) is 11.1. The van der Waals surface area contributed by atoms with Crippen LogP contribution in [-0.2, 0) is 19.4 Å². The molecule has 1 aliphatic heterocycles. The number of H-pyrrole nitrogens is 2. The summed E-state index contributed by atoms with van der Waals surface area (Å²) in [6, 6.07) is 17.7. The first-order valence-electron chi connectivity index (χ1n) is 11.1. The Balaban J connectivity index is 1.32. The second-order valence-corrected chi connectivity index (χ2v) is 8.83. The van der Waals surface area contributed by atoms with Crippen LogP contribution in [0.3, 0.4) is 0 Å². The molecular weight excluding hydrogens is 396 g/mol. The average molecular weight is 419 g/mol. The van der Waals surface area contributed by atoms with Gasteiger partial charge >= 0.3 is 0 Å². The van der Waals surface area contributed by atoms with Crippen molar-refractivity contribution in [3.05, 3.63) is 77.1 Å². The third-order valence-electron chi connectivity index (χ3n) is 6.75. The Kier molecular flexibility index (Phi) is 3.52. The Morgan fingerprint density at radius 3 is 2.34 bits per heavy atom. The maximum atomic E-state index is 6.04. The van der Waals surface area contributed by atoms with Gasteiger partial charge in [-0.15, -0.1) is 0 Å². The number of nitrogens with one attached hydrogen (secondary N) is 2. The lowest BCUT2D eigenvalue weighted by Gasteiger charge is -2.19. The smallest absolute Gasteiger partial charge is 0.130 e. The lowest BCUT2D eigenvalue weighted by atomic mass is 9.87. The summed E-state index contributed by atoms with van der Waals surface area (Å²) in [5, 5.41) is 2.59. The number of ether oxygens (including phenoxy) is 1. The Morgan fingerprint density at radius 1 is 0.750 bits per heavy atom. The number of rotatable bonds is 1. The van der Waals surface area contributed by atoms with Crippen LogP contribution in [0.4, 0.5) is 0 Å². The molecule has 2 N–H and O–H groups in total. The molecule has 156 valence electrons. The molecule has 7 rings (SSSR count). The lowest BCUT2D eigenvalue weighted by molar-refractivity contribution is 0.298. The van der Waals surface area contributed by atoms with Crippen molar-refractivity contribution in [2.45, 2.75) is 33.3 Å². The number of aromatic amines is 2. The van der Waals surface area contributed by atoms with Crippen molar-refractivity contribution in [2.24, 2.45) is 0 Å². The predicted molar refractivity (Wildman–Crippen MR) is 126 cm³/mol. The van der Waals surface area contributed by atoms with Crippen LogP contribution in [0.5, 0.6) is 5.75 Å². The van der Waals surface area contributed by atoms with E-state index in [1.165, 1.54) is 33.2 Å². The summed E-state index contributed by atoms with van der Waals surface area (Å²) in [5.74, 6) is 2.81. The highest BCUT2D eigenvalue weighted by Gasteiger charge is 2.23. The Morgan fingerprint density at radius 2 is 1.47 bits per heavy atom. The molecule has 32 heavy (non-hydrogen) atoms. The van der Waals surface area contributed by atoms with E-state index in [1.807, 2.05) is 13.8 Å². The van der Waals surface area contributed by atoms with Crippen molar-refractivity contribution in [1.29, 1.82) is 0 Å². The number of aryl methyl sites for hydroxylation is 4. The lowest BCUT2D eigenvalue weighted by Crippen LogP contribution is -2.05. The van der Waals surface area contributed by atoms with E-state index >= 15 is 0 Å². The van der Waals surface area contributed by atoms with Crippen molar-refractivity contribution in [1.82, 2.24) is 19.9 Å². The number of fused-ring (bicyclic) bond motifs is 8. The molecule has 0 atom stereocenters. The van der Waals surface area contributed by atoms with Gasteiger partial charge in [-0.2, -0.15) is 0 Å². The van der Waals surface area contributed by atoms with Crippen LogP contribution in [0.2, 0.25) is 0 Å². The Hall–Kier alpha value is -3.86. The molecule has 5 aromatic rings. The van der Waals surface area contributed by atoms with Crippen LogP contribution in [0, 0.1) is 13.8 Å². The van der Waals surface area contributed by atoms with Crippen molar-refractivity contribution in [3.63, 3.8) is 0 Å². The monoisotopic (exact) mass is 418 g/mol. The van der Waals surface area contributed by atoms with E-state index in [-0.39, 0.29) is 0 Å². The van der Waals surface area contributed by atoms with Crippen LogP contribution in [0.25, 0.3) is 44.4 Å². The van der Waals surface area contributed by atoms with Gasteiger partial charge in [0.05, 0.1) is 17.1 Å². The molecule has 5 nitrogen and oxygen atoms in total. The molecule has 0 saturated heterocycles. The molecule has 3 heterocycles. The van der Waals surface area contributed by atoms with Crippen LogP contribution < -0.4 is 4.74 Å². The van der Waals surface area contributed by atoms with Gasteiger partial charge in [-0.25, -0.2) is 9.97 Å². The highest BCUT2D eigenvalue weighted by molar-refractivity contribution is 5.95. The van der Waals surface area contributed by atoms with E-state index in [0.717, 1.165) is 58.4 Å². The molecule has 5 heteroatoms. The largest absolute Gasteiger partial charge is 0.487 e. The Labute approximate surface area is 185 Å². The molecule has 0 spiro atoms. The molecule has 0 fully saturated rings. The molecule has 0 unspecified atom stereocenters. The number of imidazole rings is 2. The van der Waals surface area contributed by atoms with E-state index in [9.17, 15) is 0 Å². The molecular formula is C27H22N4O. The van der Waals surface area contributed by atoms with E-state index in [0.29, 0.717) is 6.61 Å². The fourth-order valence-electron chi connectivity index (χ4n) is 5.29. The van der Waals surface area contributed by atoms with E-state index < -0.39 is 0 Å². The number of aromatic nitrogens is 4. The van der Waals surface area contributed by atoms with Crippen LogP contribution in [0.1, 0.15) is 28.6 Å². The summed E-state index contributed by atoms with van der Waals surface area (Å²) in [6.07, 6.45) is 2.06. The predicted octanol–water partition coefficient (Wildman–Crippen LogP) is 5.89. The van der Waals surface area contributed by atoms with Gasteiger partial charge in [0.1, 0.15) is 24.0 Å². The number of hydrogen-bond donors (Lipinski definition) is 2. The van der Waals surface area contributed by atoms with Crippen LogP contribution in [-0.4, -0.2) is 19.9 Å². The zero-order valence-corrected chi connectivity index (χ0v) is 18.0. The second kappa shape index (κ2) is 6.33. The van der Waals surface area contributed by atoms with Gasteiger partial charge in [-0.05, 0) is 72.4 Å². The van der Waals surface area contributed by atoms with Crippen molar-refractivity contribution in [3.8, 4) is 39.4 Å². The first kappa shape index (κ1) is 17.8. The molecule has 3 aromatic carbocycles. The minimum atomic E-state index is 0.533. The fraction of sp³-hybridized carbons (Fsp3) is 0.185. The summed E-state index contributed by atoms with van der Waals surface area (Å²) >= 11 is 0. The fourth-order valence-corrected chi connectivity index (χ4v) is 5.29. The molecule has 2 aromatic heterocycles. The zero-order valence-electron chi connectivity index (χ0n) is 18.0. The summed E-state index contributed by atoms with van der Waals surface area (Å²) in [6.45, 7) is 4.54. The first-order chi connectivity index (χ1) is 15.6. The second-order valence-electron chi connectivity index (χ2n) is 8.83. The summed E-state index contributed by atoms with van der Waals surface area (Å²) in [7, 11) is 0. The van der Waals surface area contributed by atoms with Gasteiger partial charge in [0.15, 0.2) is 0 Å². The maximum absolute atomic E-state index is 6.04. The molecule has 2 aliphatic rings. The summed E-state index contributed by atoms with van der Waals surface area (Å²) in [5.41, 5.74) is 10.5. The van der Waals surface area contributed by atoms with Gasteiger partial charge < -0.3 is 14.7 Å². The average Bonchev–Trinajstić information content (AvgIpc) is 3.39. The van der Waals surface area contributed by atoms with Crippen molar-refractivity contribution in [2.75, 3.05) is 0 Å². The zero-order chi connectivity index (χ0) is 21.4. The van der Waals surface area contributed by atoms with Gasteiger partial charge in [0.2, 0.25) is 0 Å². The van der Waals surface area contributed by atoms with Gasteiger partial charge in [0, 0.05) is 16.8 Å². The SMILES string of the molecule is Cc1nc2c([nH]1)COc1cc(-c3ccc4c5c(ccc4c3)-c3nc(C)[nH]c3CC5)ccc1-2. The van der Waals surface area contributed by atoms with Crippen LogP contribution >= 0.6 is 0 Å². The molecule has 0 radical (unpaired) electrons. The maximum Gasteiger partial charge on any atom is 0.130 e. The summed E-state index contributed by atoms with van der Waals surface area (Å²) in [4.78, 5) is 16.1. The molecule has 0 bridgehead atoms. The minimum Gasteiger partial charge on any atom is -0.487 e. The summed E-state index contributed by atoms with van der Waals surface area (Å²) < 4.78 is 6.04. The van der Waals surface area contributed by atoms with E-state index in [1.54, 1.807) is 0 Å². The van der Waals surface area contributed by atoms with Gasteiger partial charge in [0.25, 0.3) is 0 Å². The van der Waals surface area contributed by atoms with Gasteiger partial charge in [-0.3, -0.25) is 0 Å². The third kappa shape index (κ3) is 2.51. The normalized spacial score (nSPS) is 13.8. The molecule has 1 aliphatic carbocycles. The van der Waals surface area contributed by atoms with E-state index in [4.69, 9.17) is 9.72 Å². The molecule has 0 amide bonds. The standard InChI is InChI=1S/C27H22N4O/c1-14-28-23-10-9-20-19-6-3-16(11-18(19)5-7-21(20)26(23)30-14)17-4-8-22-25(12-17)32-13-24-27(22)31-15(2)29-24/h3-8,11-12H,9-10,13H2,1-2H3,(H,28,30)(H,29,31).